The number of aromatic nitrogens is 2. The molecule has 4 aromatic rings. The Kier molecular flexibility index (Phi) is 9.72. The monoisotopic (exact) mass is 579 g/mol. The molecular weight excluding hydrogens is 542 g/mol. The second-order valence-electron chi connectivity index (χ2n) is 10.4. The molecule has 0 spiro atoms. The van der Waals surface area contributed by atoms with E-state index in [0.29, 0.717) is 19.7 Å². The lowest BCUT2D eigenvalue weighted by molar-refractivity contribution is -0.143. The summed E-state index contributed by atoms with van der Waals surface area (Å²) in [6.45, 7) is 5.76. The van der Waals surface area contributed by atoms with Crippen LogP contribution in [-0.4, -0.2) is 50.7 Å². The topological polar surface area (TPSA) is 64.4 Å². The maximum atomic E-state index is 12.3. The zero-order valence-corrected chi connectivity index (χ0v) is 25.0. The zero-order valence-electron chi connectivity index (χ0n) is 24.2. The van der Waals surface area contributed by atoms with Crippen LogP contribution in [0.25, 0.3) is 6.08 Å². The van der Waals surface area contributed by atoms with E-state index in [4.69, 9.17) is 9.84 Å². The van der Waals surface area contributed by atoms with Gasteiger partial charge in [0.1, 0.15) is 0 Å². The molecule has 7 heteroatoms. The predicted molar refractivity (Wildman–Crippen MR) is 169 cm³/mol. The van der Waals surface area contributed by atoms with Gasteiger partial charge in [-0.2, -0.15) is 5.10 Å². The van der Waals surface area contributed by atoms with Gasteiger partial charge in [-0.25, -0.2) is 0 Å². The Morgan fingerprint density at radius 3 is 2.02 bits per heavy atom. The third-order valence-corrected chi connectivity index (χ3v) is 8.81. The molecule has 1 aliphatic rings. The number of ether oxygens (including phenoxy) is 1. The van der Waals surface area contributed by atoms with Crippen LogP contribution in [0.3, 0.4) is 0 Å². The van der Waals surface area contributed by atoms with Crippen LogP contribution in [0.4, 0.5) is 0 Å². The van der Waals surface area contributed by atoms with Crippen LogP contribution in [0.5, 0.6) is 0 Å². The van der Waals surface area contributed by atoms with Gasteiger partial charge in [-0.15, -0.1) is 0 Å². The van der Waals surface area contributed by atoms with Crippen molar-refractivity contribution in [3.63, 3.8) is 0 Å². The Bertz CT molecular complexity index is 1410. The summed E-state index contributed by atoms with van der Waals surface area (Å²) in [5.41, 5.74) is 5.03. The molecule has 1 atom stereocenters. The van der Waals surface area contributed by atoms with E-state index in [0.717, 1.165) is 24.2 Å². The largest absolute Gasteiger partial charge is 0.466 e. The molecule has 1 aromatic heterocycles. The van der Waals surface area contributed by atoms with E-state index in [1.54, 1.807) is 18.5 Å². The molecule has 0 bridgehead atoms. The lowest BCUT2D eigenvalue weighted by Gasteiger charge is -2.49. The Labute approximate surface area is 252 Å². The van der Waals surface area contributed by atoms with Crippen LogP contribution >= 0.6 is 11.8 Å². The van der Waals surface area contributed by atoms with Crippen LogP contribution in [-0.2, 0) is 26.4 Å². The number of nitrogens with zero attached hydrogens (tertiary/aromatic N) is 3. The number of hydrogen-bond acceptors (Lipinski definition) is 6. The fourth-order valence-electron chi connectivity index (χ4n) is 5.91. The Morgan fingerprint density at radius 2 is 1.50 bits per heavy atom. The van der Waals surface area contributed by atoms with Crippen molar-refractivity contribution >= 4 is 28.9 Å². The highest BCUT2D eigenvalue weighted by Gasteiger charge is 2.44. The average Bonchev–Trinajstić information content (AvgIpc) is 3.46. The first-order valence-electron chi connectivity index (χ1n) is 14.5. The third-order valence-electron chi connectivity index (χ3n) is 7.65. The molecule has 2 heterocycles. The molecule has 0 saturated carbocycles. The number of carbonyl (C=O) groups excluding carboxylic acids is 2. The fourth-order valence-corrected chi connectivity index (χ4v) is 6.83. The molecule has 0 aliphatic carbocycles. The minimum atomic E-state index is -0.534. The van der Waals surface area contributed by atoms with Gasteiger partial charge in [-0.3, -0.25) is 19.2 Å². The highest BCUT2D eigenvalue weighted by molar-refractivity contribution is 8.14. The van der Waals surface area contributed by atoms with Crippen molar-refractivity contribution in [1.82, 2.24) is 14.7 Å². The Hall–Kier alpha value is -3.94. The number of carbonyl (C=O) groups is 2. The first-order valence-corrected chi connectivity index (χ1v) is 15.4. The van der Waals surface area contributed by atoms with E-state index < -0.39 is 5.54 Å². The first-order chi connectivity index (χ1) is 20.5. The molecule has 216 valence electrons. The molecule has 5 rings (SSSR count). The highest BCUT2D eigenvalue weighted by Crippen LogP contribution is 2.45. The molecule has 0 amide bonds. The van der Waals surface area contributed by atoms with Gasteiger partial charge in [0, 0.05) is 31.5 Å². The molecule has 0 radical (unpaired) electrons. The van der Waals surface area contributed by atoms with Crippen molar-refractivity contribution in [3.05, 3.63) is 131 Å². The van der Waals surface area contributed by atoms with Crippen molar-refractivity contribution in [2.24, 2.45) is 0 Å². The lowest BCUT2D eigenvalue weighted by atomic mass is 9.74. The maximum absolute atomic E-state index is 12.3. The molecule has 0 unspecified atom stereocenters. The number of aryl methyl sites for hydroxylation is 1. The zero-order chi connectivity index (χ0) is 29.4. The highest BCUT2D eigenvalue weighted by atomic mass is 32.2. The number of esters is 1. The van der Waals surface area contributed by atoms with Gasteiger partial charge in [0.15, 0.2) is 5.12 Å². The van der Waals surface area contributed by atoms with Crippen molar-refractivity contribution in [3.8, 4) is 0 Å². The quantitative estimate of drug-likeness (QED) is 0.157. The number of rotatable bonds is 10. The van der Waals surface area contributed by atoms with Crippen molar-refractivity contribution < 1.29 is 14.3 Å². The molecular formula is C35H37N3O3S. The van der Waals surface area contributed by atoms with Gasteiger partial charge in [-0.05, 0) is 47.8 Å². The van der Waals surface area contributed by atoms with Crippen LogP contribution in [0, 0.1) is 0 Å². The predicted octanol–water partition coefficient (Wildman–Crippen LogP) is 6.57. The maximum Gasteiger partial charge on any atom is 0.307 e. The van der Waals surface area contributed by atoms with E-state index in [1.807, 2.05) is 12.3 Å². The summed E-state index contributed by atoms with van der Waals surface area (Å²) in [6, 6.07) is 34.1. The molecule has 0 N–H and O–H groups in total. The average molecular weight is 580 g/mol. The van der Waals surface area contributed by atoms with Crippen LogP contribution in [0.2, 0.25) is 0 Å². The van der Waals surface area contributed by atoms with Crippen LogP contribution in [0.1, 0.15) is 49.1 Å². The summed E-state index contributed by atoms with van der Waals surface area (Å²) in [4.78, 5) is 26.7. The van der Waals surface area contributed by atoms with Gasteiger partial charge in [0.25, 0.3) is 0 Å². The normalized spacial score (nSPS) is 16.8. The van der Waals surface area contributed by atoms with Crippen LogP contribution < -0.4 is 0 Å². The van der Waals surface area contributed by atoms with Gasteiger partial charge < -0.3 is 4.74 Å². The molecule has 6 nitrogen and oxygen atoms in total. The Morgan fingerprint density at radius 1 is 0.929 bits per heavy atom. The van der Waals surface area contributed by atoms with Gasteiger partial charge >= 0.3 is 5.97 Å². The molecule has 1 fully saturated rings. The van der Waals surface area contributed by atoms with Gasteiger partial charge in [0.05, 0.1) is 30.8 Å². The number of piperidine rings is 1. The van der Waals surface area contributed by atoms with Gasteiger partial charge in [0.2, 0.25) is 0 Å². The molecule has 1 saturated heterocycles. The van der Waals surface area contributed by atoms with E-state index in [9.17, 15) is 9.59 Å². The summed E-state index contributed by atoms with van der Waals surface area (Å²) >= 11 is 1.40. The summed E-state index contributed by atoms with van der Waals surface area (Å²) in [6.07, 6.45) is 5.12. The molecule has 3 aromatic carbocycles. The number of likely N-dealkylation sites (tertiary alicyclic amines) is 1. The summed E-state index contributed by atoms with van der Waals surface area (Å²) in [5, 5.41) is 4.90. The summed E-state index contributed by atoms with van der Waals surface area (Å²) in [5.74, 6) is -0.229. The second-order valence-corrected chi connectivity index (χ2v) is 11.8. The molecule has 1 aliphatic heterocycles. The number of benzene rings is 3. The smallest absolute Gasteiger partial charge is 0.307 e. The van der Waals surface area contributed by atoms with Crippen molar-refractivity contribution in [2.45, 2.75) is 44.0 Å². The third kappa shape index (κ3) is 6.58. The van der Waals surface area contributed by atoms with E-state index >= 15 is 0 Å². The number of thioether (sulfide) groups is 1. The Balaban J connectivity index is 1.56. The van der Waals surface area contributed by atoms with E-state index in [2.05, 4.69) is 102 Å². The SMILES string of the molecule is CCOC(=O)CCn1ccc(C=C2CN(C(c3ccccc3)(c3ccccc3)c3ccccc3)CC[C@@H]2SC(C)=O)n1. The lowest BCUT2D eigenvalue weighted by Crippen LogP contribution is -2.52. The summed E-state index contributed by atoms with van der Waals surface area (Å²) < 4.78 is 6.84. The minimum absolute atomic E-state index is 0.0588. The minimum Gasteiger partial charge on any atom is -0.466 e. The van der Waals surface area contributed by atoms with E-state index in [1.165, 1.54) is 28.5 Å². The van der Waals surface area contributed by atoms with Crippen molar-refractivity contribution in [2.75, 3.05) is 19.7 Å². The standard InChI is InChI=1S/C35H37N3O3S/c1-3-41-34(40)21-24-38-23-19-32(36-38)25-28-26-37(22-20-33(28)42-27(2)39)35(29-13-7-4-8-14-29,30-15-9-5-10-16-30)31-17-11-6-12-18-31/h4-19,23,25,33H,3,20-22,24,26H2,1-2H3/t33-/m0/s1. The first kappa shape index (κ1) is 29.5. The van der Waals surface area contributed by atoms with Gasteiger partial charge in [-0.1, -0.05) is 103 Å². The fraction of sp³-hybridized carbons (Fsp3) is 0.286. The van der Waals surface area contributed by atoms with E-state index in [-0.39, 0.29) is 22.8 Å². The van der Waals surface area contributed by atoms with Crippen LogP contribution in [0.15, 0.2) is 109 Å². The molecule has 42 heavy (non-hydrogen) atoms. The number of hydrogen-bond donors (Lipinski definition) is 0. The second kappa shape index (κ2) is 13.8. The summed E-state index contributed by atoms with van der Waals surface area (Å²) in [7, 11) is 0. The van der Waals surface area contributed by atoms with Crippen molar-refractivity contribution in [1.29, 1.82) is 0 Å².